The van der Waals surface area contributed by atoms with Gasteiger partial charge in [0, 0.05) is 4.88 Å². The number of aryl methyl sites for hydroxylation is 1. The zero-order valence-electron chi connectivity index (χ0n) is 9.85. The van der Waals surface area contributed by atoms with Crippen LogP contribution in [0.25, 0.3) is 10.2 Å². The Balaban J connectivity index is 2.12. The largest absolute Gasteiger partial charge is 0.437 e. The third-order valence-electron chi connectivity index (χ3n) is 2.50. The summed E-state index contributed by atoms with van der Waals surface area (Å²) in [6.07, 6.45) is 0. The van der Waals surface area contributed by atoms with Crippen molar-refractivity contribution >= 4 is 49.1 Å². The van der Waals surface area contributed by atoms with Crippen LogP contribution in [-0.2, 0) is 0 Å². The molecule has 0 aliphatic heterocycles. The van der Waals surface area contributed by atoms with Gasteiger partial charge in [0.2, 0.25) is 11.2 Å². The Kier molecular flexibility index (Phi) is 3.43. The number of ether oxygens (including phenoxy) is 1. The third kappa shape index (κ3) is 2.59. The van der Waals surface area contributed by atoms with Crippen LogP contribution >= 0.6 is 38.9 Å². The van der Waals surface area contributed by atoms with E-state index in [-0.39, 0.29) is 5.28 Å². The van der Waals surface area contributed by atoms with Gasteiger partial charge in [-0.15, -0.1) is 11.3 Å². The Hall–Kier alpha value is -1.17. The second-order valence-electron chi connectivity index (χ2n) is 3.91. The molecule has 3 aromatic rings. The lowest BCUT2D eigenvalue weighted by molar-refractivity contribution is 0.465. The summed E-state index contributed by atoms with van der Waals surface area (Å²) >= 11 is 10.9. The first-order chi connectivity index (χ1) is 9.13. The molecule has 0 N–H and O–H groups in total. The zero-order valence-corrected chi connectivity index (χ0v) is 13.0. The summed E-state index contributed by atoms with van der Waals surface area (Å²) in [5.41, 5.74) is 0. The van der Waals surface area contributed by atoms with Gasteiger partial charge < -0.3 is 4.74 Å². The highest BCUT2D eigenvalue weighted by atomic mass is 79.9. The standard InChI is InChI=1S/C13H8BrClN2OS/c1-7-6-8-11(16-13(15)17-12(8)19-7)18-10-5-3-2-4-9(10)14/h2-6H,1H3. The molecular weight excluding hydrogens is 348 g/mol. The molecule has 0 unspecified atom stereocenters. The fraction of sp³-hybridized carbons (Fsp3) is 0.0769. The molecule has 3 rings (SSSR count). The van der Waals surface area contributed by atoms with E-state index in [1.165, 1.54) is 0 Å². The van der Waals surface area contributed by atoms with Gasteiger partial charge in [-0.2, -0.15) is 4.98 Å². The number of thiophene rings is 1. The Morgan fingerprint density at radius 2 is 2.05 bits per heavy atom. The molecule has 0 aliphatic carbocycles. The van der Waals surface area contributed by atoms with Gasteiger partial charge in [-0.25, -0.2) is 4.98 Å². The van der Waals surface area contributed by atoms with Crippen LogP contribution in [0.1, 0.15) is 4.88 Å². The predicted octanol–water partition coefficient (Wildman–Crippen LogP) is 5.21. The van der Waals surface area contributed by atoms with Gasteiger partial charge in [-0.3, -0.25) is 0 Å². The number of rotatable bonds is 2. The molecule has 19 heavy (non-hydrogen) atoms. The van der Waals surface area contributed by atoms with Crippen LogP contribution in [0.15, 0.2) is 34.8 Å². The molecule has 3 nitrogen and oxygen atoms in total. The van der Waals surface area contributed by atoms with Crippen molar-refractivity contribution in [3.8, 4) is 11.6 Å². The molecule has 6 heteroatoms. The average molecular weight is 356 g/mol. The fourth-order valence-corrected chi connectivity index (χ4v) is 3.15. The molecule has 0 bridgehead atoms. The molecule has 0 radical (unpaired) electrons. The van der Waals surface area contributed by atoms with Crippen LogP contribution in [0.5, 0.6) is 11.6 Å². The van der Waals surface area contributed by atoms with E-state index in [2.05, 4.69) is 25.9 Å². The molecule has 0 fully saturated rings. The van der Waals surface area contributed by atoms with Crippen LogP contribution in [0.4, 0.5) is 0 Å². The maximum atomic E-state index is 5.93. The van der Waals surface area contributed by atoms with Crippen LogP contribution in [0, 0.1) is 6.92 Å². The normalized spacial score (nSPS) is 10.9. The van der Waals surface area contributed by atoms with E-state index >= 15 is 0 Å². The van der Waals surface area contributed by atoms with Gasteiger partial charge in [-0.05, 0) is 52.7 Å². The lowest BCUT2D eigenvalue weighted by Gasteiger charge is -2.07. The van der Waals surface area contributed by atoms with Crippen molar-refractivity contribution in [1.82, 2.24) is 9.97 Å². The molecule has 96 valence electrons. The van der Waals surface area contributed by atoms with Gasteiger partial charge in [0.15, 0.2) is 0 Å². The van der Waals surface area contributed by atoms with Crippen molar-refractivity contribution < 1.29 is 4.74 Å². The predicted molar refractivity (Wildman–Crippen MR) is 81.4 cm³/mol. The molecule has 0 aliphatic rings. The van der Waals surface area contributed by atoms with Crippen LogP contribution < -0.4 is 4.74 Å². The number of fused-ring (bicyclic) bond motifs is 1. The molecule has 2 heterocycles. The molecule has 0 saturated carbocycles. The minimum atomic E-state index is 0.191. The molecule has 2 aromatic heterocycles. The van der Waals surface area contributed by atoms with E-state index in [1.807, 2.05) is 37.3 Å². The summed E-state index contributed by atoms with van der Waals surface area (Å²) < 4.78 is 6.71. The van der Waals surface area contributed by atoms with Crippen molar-refractivity contribution in [2.45, 2.75) is 6.92 Å². The van der Waals surface area contributed by atoms with Crippen molar-refractivity contribution in [3.63, 3.8) is 0 Å². The number of aromatic nitrogens is 2. The highest BCUT2D eigenvalue weighted by Gasteiger charge is 2.12. The summed E-state index contributed by atoms with van der Waals surface area (Å²) in [6, 6.07) is 9.61. The maximum absolute atomic E-state index is 5.93. The minimum Gasteiger partial charge on any atom is -0.437 e. The molecule has 1 aromatic carbocycles. The second-order valence-corrected chi connectivity index (χ2v) is 6.33. The number of hydrogen-bond acceptors (Lipinski definition) is 4. The van der Waals surface area contributed by atoms with Crippen molar-refractivity contribution in [1.29, 1.82) is 0 Å². The highest BCUT2D eigenvalue weighted by Crippen LogP contribution is 2.35. The minimum absolute atomic E-state index is 0.191. The molecule has 0 spiro atoms. The second kappa shape index (κ2) is 5.07. The van der Waals surface area contributed by atoms with Crippen molar-refractivity contribution in [3.05, 3.63) is 45.0 Å². The number of halogens is 2. The fourth-order valence-electron chi connectivity index (χ4n) is 1.70. The van der Waals surface area contributed by atoms with Gasteiger partial charge in [0.1, 0.15) is 10.6 Å². The topological polar surface area (TPSA) is 35.0 Å². The van der Waals surface area contributed by atoms with E-state index in [4.69, 9.17) is 16.3 Å². The number of nitrogens with zero attached hydrogens (tertiary/aromatic N) is 2. The first kappa shape index (κ1) is 12.8. The van der Waals surface area contributed by atoms with E-state index in [1.54, 1.807) is 11.3 Å². The number of benzene rings is 1. The third-order valence-corrected chi connectivity index (χ3v) is 4.27. The van der Waals surface area contributed by atoms with Crippen LogP contribution in [0.3, 0.4) is 0 Å². The van der Waals surface area contributed by atoms with Crippen molar-refractivity contribution in [2.24, 2.45) is 0 Å². The monoisotopic (exact) mass is 354 g/mol. The SMILES string of the molecule is Cc1cc2c(Oc3ccccc3Br)nc(Cl)nc2s1. The van der Waals surface area contributed by atoms with E-state index in [0.29, 0.717) is 11.6 Å². The lowest BCUT2D eigenvalue weighted by Crippen LogP contribution is -1.91. The summed E-state index contributed by atoms with van der Waals surface area (Å²) in [6.45, 7) is 2.02. The molecule has 0 saturated heterocycles. The Morgan fingerprint density at radius 1 is 1.26 bits per heavy atom. The Bertz CT molecular complexity index is 759. The van der Waals surface area contributed by atoms with Crippen molar-refractivity contribution in [2.75, 3.05) is 0 Å². The van der Waals surface area contributed by atoms with Gasteiger partial charge in [0.25, 0.3) is 0 Å². The van der Waals surface area contributed by atoms with Crippen LogP contribution in [0.2, 0.25) is 5.28 Å². The molecular formula is C13H8BrClN2OS. The van der Waals surface area contributed by atoms with Gasteiger partial charge in [0.05, 0.1) is 9.86 Å². The first-order valence-electron chi connectivity index (χ1n) is 5.49. The summed E-state index contributed by atoms with van der Waals surface area (Å²) in [5, 5.41) is 1.07. The smallest absolute Gasteiger partial charge is 0.232 e. The zero-order chi connectivity index (χ0) is 13.4. The Labute approximate surface area is 127 Å². The highest BCUT2D eigenvalue weighted by molar-refractivity contribution is 9.10. The summed E-state index contributed by atoms with van der Waals surface area (Å²) in [4.78, 5) is 10.3. The lowest BCUT2D eigenvalue weighted by atomic mass is 10.3. The summed E-state index contributed by atoms with van der Waals surface area (Å²) in [5.74, 6) is 1.17. The first-order valence-corrected chi connectivity index (χ1v) is 7.48. The van der Waals surface area contributed by atoms with E-state index in [0.717, 1.165) is 19.6 Å². The maximum Gasteiger partial charge on any atom is 0.232 e. The Morgan fingerprint density at radius 3 is 2.84 bits per heavy atom. The van der Waals surface area contributed by atoms with Gasteiger partial charge >= 0.3 is 0 Å². The summed E-state index contributed by atoms with van der Waals surface area (Å²) in [7, 11) is 0. The van der Waals surface area contributed by atoms with Crippen LogP contribution in [-0.4, -0.2) is 9.97 Å². The molecule has 0 amide bonds. The number of hydrogen-bond donors (Lipinski definition) is 0. The average Bonchev–Trinajstić information content (AvgIpc) is 2.72. The molecule has 0 atom stereocenters. The number of para-hydroxylation sites is 1. The van der Waals surface area contributed by atoms with E-state index < -0.39 is 0 Å². The quantitative estimate of drug-likeness (QED) is 0.592. The van der Waals surface area contributed by atoms with E-state index in [9.17, 15) is 0 Å². The van der Waals surface area contributed by atoms with Gasteiger partial charge in [-0.1, -0.05) is 12.1 Å².